The first-order valence-corrected chi connectivity index (χ1v) is 10.7. The zero-order valence-electron chi connectivity index (χ0n) is 16.8. The number of nitrogens with zero attached hydrogens (tertiary/aromatic N) is 2. The maximum Gasteiger partial charge on any atom is 0.329 e. The summed E-state index contributed by atoms with van der Waals surface area (Å²) in [6, 6.07) is 11.0. The van der Waals surface area contributed by atoms with Crippen LogP contribution in [-0.2, 0) is 11.3 Å². The molecular weight excluding hydrogens is 401 g/mol. The smallest absolute Gasteiger partial charge is 0.329 e. The Labute approximate surface area is 177 Å². The molecular formula is C21H22BN3O4S. The van der Waals surface area contributed by atoms with Gasteiger partial charge in [-0.2, -0.15) is 0 Å². The van der Waals surface area contributed by atoms with Gasteiger partial charge in [-0.05, 0) is 30.2 Å². The second-order valence-electron chi connectivity index (χ2n) is 7.58. The summed E-state index contributed by atoms with van der Waals surface area (Å²) in [4.78, 5) is 39.5. The average molecular weight is 423 g/mol. The number of carbonyl (C=O) groups is 1. The molecule has 0 aliphatic heterocycles. The minimum atomic E-state index is -0.922. The standard InChI is InChI=1S/C21H22BN3O4S/c1-2-5-14(10-18(26)27)25-17-7-4-3-6-16(17)24(21(25)29)11-12-8-13(22)9-15-19(12)30-20(28)23-15/h3-4,6-9,14H,2,5,10-11,22H2,1H3,(H,23,28)(H,26,27)/t14-/m0/s1. The number of imidazole rings is 1. The van der Waals surface area contributed by atoms with E-state index >= 15 is 0 Å². The van der Waals surface area contributed by atoms with Gasteiger partial charge in [0.1, 0.15) is 7.85 Å². The number of carboxylic acid groups (broad SMARTS) is 1. The highest BCUT2D eigenvalue weighted by molar-refractivity contribution is 7.16. The van der Waals surface area contributed by atoms with Gasteiger partial charge in [0.25, 0.3) is 0 Å². The highest BCUT2D eigenvalue weighted by Crippen LogP contribution is 2.25. The van der Waals surface area contributed by atoms with Gasteiger partial charge in [0.05, 0.1) is 34.2 Å². The monoisotopic (exact) mass is 423 g/mol. The minimum Gasteiger partial charge on any atom is -0.481 e. The first-order valence-electron chi connectivity index (χ1n) is 9.93. The van der Waals surface area contributed by atoms with Crippen LogP contribution in [-0.4, -0.2) is 33.0 Å². The quantitative estimate of drug-likeness (QED) is 0.444. The van der Waals surface area contributed by atoms with Gasteiger partial charge in [0.15, 0.2) is 0 Å². The number of benzene rings is 2. The van der Waals surface area contributed by atoms with E-state index < -0.39 is 12.0 Å². The van der Waals surface area contributed by atoms with Crippen LogP contribution in [0.5, 0.6) is 0 Å². The van der Waals surface area contributed by atoms with Crippen molar-refractivity contribution in [3.05, 3.63) is 62.1 Å². The largest absolute Gasteiger partial charge is 0.481 e. The Morgan fingerprint density at radius 3 is 2.67 bits per heavy atom. The summed E-state index contributed by atoms with van der Waals surface area (Å²) >= 11 is 1.14. The molecule has 0 bridgehead atoms. The first-order chi connectivity index (χ1) is 14.4. The molecule has 2 N–H and O–H groups in total. The number of thiazole rings is 1. The summed E-state index contributed by atoms with van der Waals surface area (Å²) in [6.45, 7) is 2.29. The third-order valence-electron chi connectivity index (χ3n) is 5.34. The zero-order chi connectivity index (χ0) is 21.4. The highest BCUT2D eigenvalue weighted by Gasteiger charge is 2.22. The predicted molar refractivity (Wildman–Crippen MR) is 122 cm³/mol. The molecule has 0 aliphatic carbocycles. The Bertz CT molecular complexity index is 1360. The summed E-state index contributed by atoms with van der Waals surface area (Å²) < 4.78 is 4.14. The van der Waals surface area contributed by atoms with Crippen molar-refractivity contribution in [3.63, 3.8) is 0 Å². The highest BCUT2D eigenvalue weighted by atomic mass is 32.1. The molecule has 2 aromatic carbocycles. The molecule has 4 rings (SSSR count). The van der Waals surface area contributed by atoms with Gasteiger partial charge in [-0.15, -0.1) is 0 Å². The topological polar surface area (TPSA) is 97.1 Å². The van der Waals surface area contributed by atoms with Gasteiger partial charge in [0.2, 0.25) is 0 Å². The molecule has 0 amide bonds. The molecule has 0 fully saturated rings. The number of H-pyrrole nitrogens is 1. The number of hydrogen-bond acceptors (Lipinski definition) is 4. The van der Waals surface area contributed by atoms with Crippen molar-refractivity contribution in [1.82, 2.24) is 14.1 Å². The summed E-state index contributed by atoms with van der Waals surface area (Å²) in [6.07, 6.45) is 1.28. The Morgan fingerprint density at radius 2 is 1.97 bits per heavy atom. The van der Waals surface area contributed by atoms with Gasteiger partial charge in [-0.3, -0.25) is 18.7 Å². The minimum absolute atomic E-state index is 0.101. The van der Waals surface area contributed by atoms with E-state index in [9.17, 15) is 19.5 Å². The van der Waals surface area contributed by atoms with E-state index in [0.29, 0.717) is 13.0 Å². The SMILES string of the molecule is Bc1cc(Cn2c(=O)n([C@@H](CCC)CC(=O)O)c3ccccc32)c2sc(=O)[nH]c2c1. The normalized spacial score (nSPS) is 12.6. The molecule has 0 saturated carbocycles. The number of aliphatic carboxylic acids is 1. The van der Waals surface area contributed by atoms with Crippen LogP contribution in [0.3, 0.4) is 0 Å². The first kappa shape index (κ1) is 20.2. The van der Waals surface area contributed by atoms with Crippen molar-refractivity contribution in [2.45, 2.75) is 38.8 Å². The summed E-state index contributed by atoms with van der Waals surface area (Å²) in [5, 5.41) is 9.37. The Hall–Kier alpha value is -3.07. The van der Waals surface area contributed by atoms with Gasteiger partial charge < -0.3 is 10.1 Å². The Balaban J connectivity index is 1.91. The van der Waals surface area contributed by atoms with Crippen molar-refractivity contribution in [2.24, 2.45) is 0 Å². The van der Waals surface area contributed by atoms with Crippen LogP contribution < -0.4 is 16.0 Å². The van der Waals surface area contributed by atoms with Crippen LogP contribution in [0.15, 0.2) is 46.0 Å². The lowest BCUT2D eigenvalue weighted by molar-refractivity contribution is -0.137. The van der Waals surface area contributed by atoms with Crippen LogP contribution in [0.2, 0.25) is 0 Å². The molecule has 1 atom stereocenters. The summed E-state index contributed by atoms with van der Waals surface area (Å²) in [5.74, 6) is -0.922. The number of nitrogens with one attached hydrogen (secondary N) is 1. The van der Waals surface area contributed by atoms with Crippen molar-refractivity contribution in [3.8, 4) is 0 Å². The molecule has 0 unspecified atom stereocenters. The van der Waals surface area contributed by atoms with Gasteiger partial charge in [-0.25, -0.2) is 4.79 Å². The lowest BCUT2D eigenvalue weighted by Gasteiger charge is -2.16. The second-order valence-corrected chi connectivity index (χ2v) is 8.57. The second kappa shape index (κ2) is 7.99. The van der Waals surface area contributed by atoms with Crippen LogP contribution in [0.4, 0.5) is 0 Å². The lowest BCUT2D eigenvalue weighted by atomic mass is 9.94. The van der Waals surface area contributed by atoms with E-state index in [1.807, 2.05) is 51.2 Å². The van der Waals surface area contributed by atoms with E-state index in [1.165, 1.54) is 0 Å². The molecule has 2 heterocycles. The predicted octanol–water partition coefficient (Wildman–Crippen LogP) is 1.83. The number of rotatable bonds is 7. The number of aromatic nitrogens is 3. The molecule has 7 nitrogen and oxygen atoms in total. The number of fused-ring (bicyclic) bond motifs is 2. The van der Waals surface area contributed by atoms with E-state index in [0.717, 1.165) is 50.0 Å². The number of aromatic amines is 1. The Kier molecular flexibility index (Phi) is 5.38. The maximum absolute atomic E-state index is 13.5. The average Bonchev–Trinajstić information content (AvgIpc) is 3.18. The van der Waals surface area contributed by atoms with Gasteiger partial charge in [-0.1, -0.05) is 48.3 Å². The Morgan fingerprint density at radius 1 is 1.23 bits per heavy atom. The number of para-hydroxylation sites is 2. The molecule has 30 heavy (non-hydrogen) atoms. The van der Waals surface area contributed by atoms with Crippen molar-refractivity contribution < 1.29 is 9.90 Å². The molecule has 9 heteroatoms. The van der Waals surface area contributed by atoms with Gasteiger partial charge in [0, 0.05) is 6.04 Å². The zero-order valence-corrected chi connectivity index (χ0v) is 17.7. The summed E-state index contributed by atoms with van der Waals surface area (Å²) in [5.41, 5.74) is 3.92. The lowest BCUT2D eigenvalue weighted by Crippen LogP contribution is -2.29. The van der Waals surface area contributed by atoms with E-state index in [1.54, 1.807) is 9.13 Å². The fraction of sp³-hybridized carbons (Fsp3) is 0.286. The number of carboxylic acids is 1. The fourth-order valence-corrected chi connectivity index (χ4v) is 4.99. The van der Waals surface area contributed by atoms with Crippen LogP contribution in [0, 0.1) is 0 Å². The maximum atomic E-state index is 13.5. The van der Waals surface area contributed by atoms with Crippen LogP contribution in [0.1, 0.15) is 37.8 Å². The molecule has 2 aromatic heterocycles. The molecule has 4 aromatic rings. The number of hydrogen-bond donors (Lipinski definition) is 2. The molecule has 0 aliphatic rings. The van der Waals surface area contributed by atoms with E-state index in [4.69, 9.17) is 0 Å². The van der Waals surface area contributed by atoms with Crippen molar-refractivity contribution >= 4 is 51.9 Å². The van der Waals surface area contributed by atoms with Crippen molar-refractivity contribution in [1.29, 1.82) is 0 Å². The van der Waals surface area contributed by atoms with Crippen LogP contribution >= 0.6 is 11.3 Å². The van der Waals surface area contributed by atoms with Crippen LogP contribution in [0.25, 0.3) is 21.3 Å². The third kappa shape index (κ3) is 3.61. The molecule has 0 radical (unpaired) electrons. The fourth-order valence-electron chi connectivity index (χ4n) is 4.17. The molecule has 154 valence electrons. The molecule has 0 spiro atoms. The summed E-state index contributed by atoms with van der Waals surface area (Å²) in [7, 11) is 1.95. The van der Waals surface area contributed by atoms with Gasteiger partial charge >= 0.3 is 16.5 Å². The molecule has 0 saturated heterocycles. The van der Waals surface area contributed by atoms with Crippen molar-refractivity contribution in [2.75, 3.05) is 0 Å². The van der Waals surface area contributed by atoms with E-state index in [-0.39, 0.29) is 17.0 Å². The third-order valence-corrected chi connectivity index (χ3v) is 6.31. The van der Waals surface area contributed by atoms with E-state index in [2.05, 4.69) is 4.98 Å².